The lowest BCUT2D eigenvalue weighted by Crippen LogP contribution is -2.36. The first kappa shape index (κ1) is 24.2. The summed E-state index contributed by atoms with van der Waals surface area (Å²) in [5.74, 6) is 2.31. The molecule has 0 saturated heterocycles. The van der Waals surface area contributed by atoms with Crippen molar-refractivity contribution in [2.75, 3.05) is 53.0 Å². The number of hydrogen-bond acceptors (Lipinski definition) is 10. The highest BCUT2D eigenvalue weighted by molar-refractivity contribution is 6.03. The molecule has 0 aromatic heterocycles. The van der Waals surface area contributed by atoms with Crippen molar-refractivity contribution in [2.45, 2.75) is 39.3 Å². The molecule has 0 amide bonds. The number of methoxy groups -OCH3 is 1. The van der Waals surface area contributed by atoms with Crippen LogP contribution in [-0.2, 0) is 11.2 Å². The Morgan fingerprint density at radius 1 is 1.00 bits per heavy atom. The minimum atomic E-state index is -0.732. The lowest BCUT2D eigenvalue weighted by Gasteiger charge is -2.38. The van der Waals surface area contributed by atoms with Crippen molar-refractivity contribution < 1.29 is 38.0 Å². The minimum absolute atomic E-state index is 0.124. The Bertz CT molecular complexity index is 1200. The van der Waals surface area contributed by atoms with Gasteiger partial charge >= 0.3 is 5.97 Å². The highest BCUT2D eigenvalue weighted by atomic mass is 16.7. The first-order chi connectivity index (χ1) is 17.5. The Kier molecular flexibility index (Phi) is 6.38. The predicted octanol–water partition coefficient (Wildman–Crippen LogP) is 3.64. The summed E-state index contributed by atoms with van der Waals surface area (Å²) in [5, 5.41) is 0. The summed E-state index contributed by atoms with van der Waals surface area (Å²) in [6.45, 7) is 7.50. The van der Waals surface area contributed by atoms with Crippen molar-refractivity contribution >= 4 is 11.7 Å². The van der Waals surface area contributed by atoms with Gasteiger partial charge in [-0.05, 0) is 45.9 Å². The van der Waals surface area contributed by atoms with Gasteiger partial charge in [0.15, 0.2) is 29.1 Å². The average Bonchev–Trinajstić information content (AvgIpc) is 3.46. The topological polar surface area (TPSA) is 111 Å². The van der Waals surface area contributed by atoms with Crippen LogP contribution in [0.15, 0.2) is 6.07 Å². The Balaban J connectivity index is 1.76. The van der Waals surface area contributed by atoms with E-state index in [9.17, 15) is 4.79 Å². The van der Waals surface area contributed by atoms with Gasteiger partial charge in [0.25, 0.3) is 0 Å². The van der Waals surface area contributed by atoms with E-state index < -0.39 is 18.1 Å². The number of esters is 1. The molecule has 0 aliphatic carbocycles. The van der Waals surface area contributed by atoms with E-state index in [1.807, 2.05) is 33.9 Å². The van der Waals surface area contributed by atoms with Crippen LogP contribution in [0.25, 0.3) is 0 Å². The molecule has 3 aliphatic heterocycles. The summed E-state index contributed by atoms with van der Waals surface area (Å²) < 4.78 is 41.2. The maximum Gasteiger partial charge on any atom is 0.341 e. The average molecular weight is 501 g/mol. The van der Waals surface area contributed by atoms with Crippen molar-refractivity contribution in [1.29, 1.82) is 0 Å². The van der Waals surface area contributed by atoms with Crippen LogP contribution in [0.4, 0.5) is 5.69 Å². The number of rotatable bonds is 8. The zero-order valence-electron chi connectivity index (χ0n) is 21.3. The predicted molar refractivity (Wildman–Crippen MR) is 131 cm³/mol. The second-order valence-electron chi connectivity index (χ2n) is 8.71. The SMILES string of the molecule is CCOc1c(N)c2c(c(OCC)c1OCC)[C@H]([C@H]1c3c(cc4c(c3OC)OCO4)CCN1C)OC2=O. The maximum atomic E-state index is 13.3. The quantitative estimate of drug-likeness (QED) is 0.426. The van der Waals surface area contributed by atoms with E-state index in [0.717, 1.165) is 24.1 Å². The highest BCUT2D eigenvalue weighted by Gasteiger charge is 2.49. The van der Waals surface area contributed by atoms with E-state index in [1.54, 1.807) is 7.11 Å². The molecule has 0 spiro atoms. The fourth-order valence-corrected chi connectivity index (χ4v) is 5.37. The summed E-state index contributed by atoms with van der Waals surface area (Å²) in [6, 6.07) is 1.59. The molecular formula is C26H32N2O8. The smallest absolute Gasteiger partial charge is 0.341 e. The van der Waals surface area contributed by atoms with Crippen molar-refractivity contribution in [3.05, 3.63) is 28.3 Å². The summed E-state index contributed by atoms with van der Waals surface area (Å²) >= 11 is 0. The molecule has 5 rings (SSSR count). The second-order valence-corrected chi connectivity index (χ2v) is 8.71. The van der Waals surface area contributed by atoms with E-state index in [0.29, 0.717) is 54.1 Å². The fraction of sp³-hybridized carbons (Fsp3) is 0.500. The minimum Gasteiger partial charge on any atom is -0.492 e. The first-order valence-electron chi connectivity index (χ1n) is 12.2. The molecule has 0 saturated carbocycles. The number of carbonyl (C=O) groups excluding carboxylic acids is 1. The van der Waals surface area contributed by atoms with Gasteiger partial charge in [0.2, 0.25) is 18.3 Å². The van der Waals surface area contributed by atoms with Crippen LogP contribution in [0.5, 0.6) is 34.5 Å². The summed E-state index contributed by atoms with van der Waals surface area (Å²) in [7, 11) is 3.59. The second kappa shape index (κ2) is 9.50. The molecule has 0 radical (unpaired) electrons. The largest absolute Gasteiger partial charge is 0.492 e. The molecule has 3 heterocycles. The number of cyclic esters (lactones) is 1. The molecule has 0 bridgehead atoms. The monoisotopic (exact) mass is 500 g/mol. The standard InChI is InChI=1S/C26H32N2O8/c1-6-31-23-17-16(18(27)24(32-7-2)25(23)33-8-3)26(29)36-21(17)19-15-13(9-10-28(19)4)11-14-20(22(15)30-5)35-12-34-14/h11,19,21H,6-10,12,27H2,1-5H3/t19-,21-/m1/s1. The van der Waals surface area contributed by atoms with Crippen LogP contribution in [0.3, 0.4) is 0 Å². The third kappa shape index (κ3) is 3.54. The maximum absolute atomic E-state index is 13.3. The van der Waals surface area contributed by atoms with Gasteiger partial charge in [-0.1, -0.05) is 0 Å². The number of anilines is 1. The van der Waals surface area contributed by atoms with Gasteiger partial charge in [0.1, 0.15) is 0 Å². The molecule has 36 heavy (non-hydrogen) atoms. The number of hydrogen-bond donors (Lipinski definition) is 1. The zero-order chi connectivity index (χ0) is 25.6. The van der Waals surface area contributed by atoms with Crippen LogP contribution in [0, 0.1) is 0 Å². The number of nitrogens with two attached hydrogens (primary N) is 1. The Labute approximate surface area is 210 Å². The van der Waals surface area contributed by atoms with Crippen LogP contribution in [-0.4, -0.2) is 58.2 Å². The Hall–Kier alpha value is -3.53. The molecule has 2 aromatic rings. The van der Waals surface area contributed by atoms with Crippen LogP contribution < -0.4 is 34.2 Å². The van der Waals surface area contributed by atoms with Gasteiger partial charge in [-0.25, -0.2) is 4.79 Å². The van der Waals surface area contributed by atoms with Crippen molar-refractivity contribution in [3.63, 3.8) is 0 Å². The van der Waals surface area contributed by atoms with Crippen LogP contribution >= 0.6 is 0 Å². The van der Waals surface area contributed by atoms with Gasteiger partial charge in [0, 0.05) is 12.1 Å². The Morgan fingerprint density at radius 2 is 1.69 bits per heavy atom. The summed E-state index contributed by atoms with van der Waals surface area (Å²) in [4.78, 5) is 15.5. The number of fused-ring (bicyclic) bond motifs is 3. The number of likely N-dealkylation sites (N-methyl/N-ethyl adjacent to an activating group) is 1. The number of ether oxygens (including phenoxy) is 7. The zero-order valence-corrected chi connectivity index (χ0v) is 21.3. The molecule has 194 valence electrons. The van der Waals surface area contributed by atoms with Gasteiger partial charge in [-0.3, -0.25) is 4.90 Å². The van der Waals surface area contributed by atoms with Crippen LogP contribution in [0.1, 0.15) is 60.0 Å². The van der Waals surface area contributed by atoms with Gasteiger partial charge < -0.3 is 38.9 Å². The summed E-state index contributed by atoms with van der Waals surface area (Å²) in [6.07, 6.45) is 0.0427. The number of carbonyl (C=O) groups is 1. The lowest BCUT2D eigenvalue weighted by molar-refractivity contribution is 0.00816. The molecule has 2 aromatic carbocycles. The van der Waals surface area contributed by atoms with Crippen molar-refractivity contribution in [2.24, 2.45) is 0 Å². The molecule has 0 fully saturated rings. The molecule has 2 N–H and O–H groups in total. The lowest BCUT2D eigenvalue weighted by atomic mass is 9.85. The molecule has 10 heteroatoms. The number of nitrogens with zero attached hydrogens (tertiary/aromatic N) is 1. The van der Waals surface area contributed by atoms with Crippen LogP contribution in [0.2, 0.25) is 0 Å². The third-order valence-corrected chi connectivity index (χ3v) is 6.77. The van der Waals surface area contributed by atoms with Gasteiger partial charge in [-0.2, -0.15) is 0 Å². The van der Waals surface area contributed by atoms with E-state index in [-0.39, 0.29) is 23.8 Å². The van der Waals surface area contributed by atoms with E-state index in [4.69, 9.17) is 38.9 Å². The molecule has 0 unspecified atom stereocenters. The molecule has 2 atom stereocenters. The number of nitrogen functional groups attached to an aromatic ring is 1. The fourth-order valence-electron chi connectivity index (χ4n) is 5.37. The molecular weight excluding hydrogens is 468 g/mol. The van der Waals surface area contributed by atoms with Gasteiger partial charge in [-0.15, -0.1) is 0 Å². The highest BCUT2D eigenvalue weighted by Crippen LogP contribution is 2.59. The van der Waals surface area contributed by atoms with Crippen molar-refractivity contribution in [1.82, 2.24) is 4.90 Å². The van der Waals surface area contributed by atoms with Gasteiger partial charge in [0.05, 0.1) is 49.8 Å². The van der Waals surface area contributed by atoms with E-state index in [1.165, 1.54) is 0 Å². The number of benzene rings is 2. The molecule has 10 nitrogen and oxygen atoms in total. The third-order valence-electron chi connectivity index (χ3n) is 6.77. The first-order valence-corrected chi connectivity index (χ1v) is 12.2. The Morgan fingerprint density at radius 3 is 2.39 bits per heavy atom. The summed E-state index contributed by atoms with van der Waals surface area (Å²) in [5.41, 5.74) is 9.43. The van der Waals surface area contributed by atoms with E-state index in [2.05, 4.69) is 4.90 Å². The molecule has 3 aliphatic rings. The van der Waals surface area contributed by atoms with Crippen molar-refractivity contribution in [3.8, 4) is 34.5 Å². The van der Waals surface area contributed by atoms with E-state index >= 15 is 0 Å². The normalized spacial score (nSPS) is 20.0.